The number of benzene rings is 1. The molecule has 1 aliphatic rings. The van der Waals surface area contributed by atoms with E-state index in [-0.39, 0.29) is 11.5 Å². The Labute approximate surface area is 123 Å². The maximum Gasteiger partial charge on any atom is 0.332 e. The average Bonchev–Trinajstić information content (AvgIpc) is 2.49. The molecule has 2 N–H and O–H groups in total. The van der Waals surface area contributed by atoms with Crippen LogP contribution in [-0.4, -0.2) is 23.6 Å². The number of carboxylic acids is 1. The van der Waals surface area contributed by atoms with E-state index in [1.165, 1.54) is 0 Å². The maximum atomic E-state index is 12.2. The number of hydrogen-bond donors (Lipinski definition) is 2. The van der Waals surface area contributed by atoms with Gasteiger partial charge < -0.3 is 15.2 Å². The van der Waals surface area contributed by atoms with Gasteiger partial charge in [-0.2, -0.15) is 0 Å². The zero-order valence-electron chi connectivity index (χ0n) is 12.0. The zero-order valence-corrected chi connectivity index (χ0v) is 12.0. The minimum atomic E-state index is -0.994. The van der Waals surface area contributed by atoms with Crippen LogP contribution in [0.25, 0.3) is 0 Å². The van der Waals surface area contributed by atoms with E-state index in [4.69, 9.17) is 9.84 Å². The predicted molar refractivity (Wildman–Crippen MR) is 79.4 cm³/mol. The molecule has 21 heavy (non-hydrogen) atoms. The fourth-order valence-corrected chi connectivity index (χ4v) is 2.40. The summed E-state index contributed by atoms with van der Waals surface area (Å²) in [6, 6.07) is 7.03. The molecule has 5 nitrogen and oxygen atoms in total. The topological polar surface area (TPSA) is 75.6 Å². The standard InChI is InChI=1S/C16H19NO4/c1-2-21-12-9-7-11(8-10-12)17-15(18)13-5-3-4-6-14(13)16(19)20/h7-10H,2-6H2,1H3,(H,17,18)(H,19,20). The Balaban J connectivity index is 2.11. The largest absolute Gasteiger partial charge is 0.494 e. The average molecular weight is 289 g/mol. The van der Waals surface area contributed by atoms with Crippen LogP contribution in [0.15, 0.2) is 35.4 Å². The van der Waals surface area contributed by atoms with Gasteiger partial charge >= 0.3 is 5.97 Å². The second-order valence-electron chi connectivity index (χ2n) is 4.88. The molecule has 1 aromatic rings. The predicted octanol–water partition coefficient (Wildman–Crippen LogP) is 2.98. The molecule has 0 unspecified atom stereocenters. The number of aliphatic carboxylic acids is 1. The van der Waals surface area contributed by atoms with Crippen LogP contribution in [0, 0.1) is 0 Å². The highest BCUT2D eigenvalue weighted by Crippen LogP contribution is 2.26. The normalized spacial score (nSPS) is 14.7. The molecule has 2 rings (SSSR count). The number of nitrogens with one attached hydrogen (secondary N) is 1. The van der Waals surface area contributed by atoms with E-state index in [9.17, 15) is 9.59 Å². The van der Waals surface area contributed by atoms with E-state index < -0.39 is 5.97 Å². The van der Waals surface area contributed by atoms with Crippen LogP contribution in [0.1, 0.15) is 32.6 Å². The summed E-state index contributed by atoms with van der Waals surface area (Å²) in [7, 11) is 0. The summed E-state index contributed by atoms with van der Waals surface area (Å²) >= 11 is 0. The van der Waals surface area contributed by atoms with Gasteiger partial charge in [0.05, 0.1) is 6.61 Å². The lowest BCUT2D eigenvalue weighted by molar-refractivity contribution is -0.133. The molecule has 0 aromatic heterocycles. The van der Waals surface area contributed by atoms with Crippen molar-refractivity contribution in [2.24, 2.45) is 0 Å². The Kier molecular flexibility index (Phi) is 4.98. The van der Waals surface area contributed by atoms with Crippen LogP contribution in [0.3, 0.4) is 0 Å². The minimum absolute atomic E-state index is 0.240. The molecular formula is C16H19NO4. The van der Waals surface area contributed by atoms with E-state index >= 15 is 0 Å². The Morgan fingerprint density at radius 1 is 1.14 bits per heavy atom. The van der Waals surface area contributed by atoms with E-state index in [1.54, 1.807) is 24.3 Å². The summed E-state index contributed by atoms with van der Waals surface area (Å²) in [4.78, 5) is 23.4. The molecule has 0 saturated carbocycles. The summed E-state index contributed by atoms with van der Waals surface area (Å²) in [5.74, 6) is -0.582. The minimum Gasteiger partial charge on any atom is -0.494 e. The molecule has 1 amide bonds. The van der Waals surface area contributed by atoms with Crippen molar-refractivity contribution in [2.45, 2.75) is 32.6 Å². The van der Waals surface area contributed by atoms with Crippen molar-refractivity contribution in [1.29, 1.82) is 0 Å². The van der Waals surface area contributed by atoms with Crippen molar-refractivity contribution < 1.29 is 19.4 Å². The second kappa shape index (κ2) is 6.92. The molecular weight excluding hydrogens is 270 g/mol. The number of anilines is 1. The lowest BCUT2D eigenvalue weighted by Crippen LogP contribution is -2.21. The Morgan fingerprint density at radius 2 is 1.76 bits per heavy atom. The maximum absolute atomic E-state index is 12.2. The molecule has 0 radical (unpaired) electrons. The van der Waals surface area contributed by atoms with Gasteiger partial charge in [0.25, 0.3) is 5.91 Å². The summed E-state index contributed by atoms with van der Waals surface area (Å²) in [6.07, 6.45) is 2.65. The van der Waals surface area contributed by atoms with Crippen molar-refractivity contribution in [1.82, 2.24) is 0 Å². The Bertz CT molecular complexity index is 560. The van der Waals surface area contributed by atoms with E-state index in [1.807, 2.05) is 6.92 Å². The van der Waals surface area contributed by atoms with Crippen molar-refractivity contribution in [2.75, 3.05) is 11.9 Å². The molecule has 0 saturated heterocycles. The molecule has 0 fully saturated rings. The van der Waals surface area contributed by atoms with Gasteiger partial charge in [-0.3, -0.25) is 4.79 Å². The third-order valence-electron chi connectivity index (χ3n) is 3.42. The van der Waals surface area contributed by atoms with Crippen molar-refractivity contribution in [3.8, 4) is 5.75 Å². The van der Waals surface area contributed by atoms with Crippen LogP contribution in [0.2, 0.25) is 0 Å². The zero-order chi connectivity index (χ0) is 15.2. The Morgan fingerprint density at radius 3 is 2.33 bits per heavy atom. The highest BCUT2D eigenvalue weighted by atomic mass is 16.5. The molecule has 112 valence electrons. The number of carbonyl (C=O) groups is 2. The van der Waals surface area contributed by atoms with Gasteiger partial charge in [-0.1, -0.05) is 0 Å². The molecule has 0 heterocycles. The van der Waals surface area contributed by atoms with Gasteiger partial charge in [-0.15, -0.1) is 0 Å². The summed E-state index contributed by atoms with van der Waals surface area (Å²) in [5, 5.41) is 11.9. The second-order valence-corrected chi connectivity index (χ2v) is 4.88. The first-order valence-corrected chi connectivity index (χ1v) is 7.11. The smallest absolute Gasteiger partial charge is 0.332 e. The Hall–Kier alpha value is -2.30. The van der Waals surface area contributed by atoms with Gasteiger partial charge in [-0.05, 0) is 56.9 Å². The lowest BCUT2D eigenvalue weighted by Gasteiger charge is -2.17. The van der Waals surface area contributed by atoms with Crippen LogP contribution < -0.4 is 10.1 Å². The van der Waals surface area contributed by atoms with E-state index in [0.717, 1.165) is 18.6 Å². The fraction of sp³-hybridized carbons (Fsp3) is 0.375. The van der Waals surface area contributed by atoms with Crippen LogP contribution in [0.4, 0.5) is 5.69 Å². The summed E-state index contributed by atoms with van der Waals surface area (Å²) in [6.45, 7) is 2.49. The van der Waals surface area contributed by atoms with Gasteiger partial charge in [0.2, 0.25) is 0 Å². The lowest BCUT2D eigenvalue weighted by atomic mass is 9.91. The number of ether oxygens (including phenoxy) is 1. The van der Waals surface area contributed by atoms with Crippen molar-refractivity contribution >= 4 is 17.6 Å². The third kappa shape index (κ3) is 3.84. The molecule has 0 bridgehead atoms. The molecule has 0 aliphatic heterocycles. The molecule has 0 spiro atoms. The number of rotatable bonds is 5. The molecule has 0 atom stereocenters. The van der Waals surface area contributed by atoms with E-state index in [0.29, 0.717) is 30.7 Å². The quantitative estimate of drug-likeness (QED) is 0.873. The summed E-state index contributed by atoms with van der Waals surface area (Å²) < 4.78 is 5.33. The van der Waals surface area contributed by atoms with Crippen LogP contribution in [-0.2, 0) is 9.59 Å². The van der Waals surface area contributed by atoms with Gasteiger partial charge in [-0.25, -0.2) is 4.79 Å². The first kappa shape index (κ1) is 15.1. The third-order valence-corrected chi connectivity index (χ3v) is 3.42. The molecule has 1 aromatic carbocycles. The summed E-state index contributed by atoms with van der Waals surface area (Å²) in [5.41, 5.74) is 1.26. The highest BCUT2D eigenvalue weighted by molar-refractivity contribution is 6.08. The van der Waals surface area contributed by atoms with Crippen molar-refractivity contribution in [3.05, 3.63) is 35.4 Å². The fourth-order valence-electron chi connectivity index (χ4n) is 2.40. The van der Waals surface area contributed by atoms with Crippen LogP contribution in [0.5, 0.6) is 5.75 Å². The van der Waals surface area contributed by atoms with Gasteiger partial charge in [0.1, 0.15) is 5.75 Å². The monoisotopic (exact) mass is 289 g/mol. The van der Waals surface area contributed by atoms with Gasteiger partial charge in [0, 0.05) is 16.8 Å². The highest BCUT2D eigenvalue weighted by Gasteiger charge is 2.23. The van der Waals surface area contributed by atoms with Crippen molar-refractivity contribution in [3.63, 3.8) is 0 Å². The van der Waals surface area contributed by atoms with Gasteiger partial charge in [0.15, 0.2) is 0 Å². The SMILES string of the molecule is CCOc1ccc(NC(=O)C2=C(C(=O)O)CCCC2)cc1. The number of carboxylic acid groups (broad SMARTS) is 1. The number of hydrogen-bond acceptors (Lipinski definition) is 3. The number of carbonyl (C=O) groups excluding carboxylic acids is 1. The first-order chi connectivity index (χ1) is 10.1. The van der Waals surface area contributed by atoms with Crippen LogP contribution >= 0.6 is 0 Å². The van der Waals surface area contributed by atoms with E-state index in [2.05, 4.69) is 5.32 Å². The molecule has 1 aliphatic carbocycles. The first-order valence-electron chi connectivity index (χ1n) is 7.11. The number of amides is 1. The molecule has 5 heteroatoms.